The van der Waals surface area contributed by atoms with Crippen LogP contribution in [0.1, 0.15) is 11.3 Å². The van der Waals surface area contributed by atoms with E-state index in [2.05, 4.69) is 10.3 Å². The van der Waals surface area contributed by atoms with Gasteiger partial charge in [0, 0.05) is 19.3 Å². The van der Waals surface area contributed by atoms with Gasteiger partial charge in [-0.05, 0) is 29.8 Å². The van der Waals surface area contributed by atoms with Crippen molar-refractivity contribution in [1.29, 1.82) is 0 Å². The largest absolute Gasteiger partial charge is 0.504 e. The zero-order chi connectivity index (χ0) is 12.8. The van der Waals surface area contributed by atoms with Crippen LogP contribution in [0.25, 0.3) is 0 Å². The Morgan fingerprint density at radius 2 is 2.11 bits per heavy atom. The molecule has 0 saturated carbocycles. The molecule has 18 heavy (non-hydrogen) atoms. The second kappa shape index (κ2) is 6.02. The molecule has 0 unspecified atom stereocenters. The molecule has 0 fully saturated rings. The summed E-state index contributed by atoms with van der Waals surface area (Å²) in [5.41, 5.74) is 2.06. The molecule has 0 saturated heterocycles. The summed E-state index contributed by atoms with van der Waals surface area (Å²) in [6.45, 7) is 1.41. The van der Waals surface area contributed by atoms with Crippen molar-refractivity contribution in [2.45, 2.75) is 13.1 Å². The fourth-order valence-electron chi connectivity index (χ4n) is 1.67. The Morgan fingerprint density at radius 3 is 2.83 bits per heavy atom. The number of phenolic OH excluding ortho intramolecular Hbond substituents is 1. The number of ether oxygens (including phenoxy) is 1. The minimum Gasteiger partial charge on any atom is -0.504 e. The summed E-state index contributed by atoms with van der Waals surface area (Å²) in [6.07, 6.45) is 1.78. The molecule has 0 bridgehead atoms. The summed E-state index contributed by atoms with van der Waals surface area (Å²) in [6, 6.07) is 11.2. The summed E-state index contributed by atoms with van der Waals surface area (Å²) in [7, 11) is 1.54. The number of benzene rings is 1. The van der Waals surface area contributed by atoms with Crippen LogP contribution in [0.3, 0.4) is 0 Å². The molecule has 94 valence electrons. The van der Waals surface area contributed by atoms with Gasteiger partial charge in [-0.15, -0.1) is 0 Å². The second-order valence-corrected chi connectivity index (χ2v) is 3.93. The molecule has 0 amide bonds. The van der Waals surface area contributed by atoms with Crippen LogP contribution >= 0.6 is 0 Å². The Kier molecular flexibility index (Phi) is 4.15. The SMILES string of the molecule is COc1cc(CNCc2ccccn2)ccc1O. The lowest BCUT2D eigenvalue weighted by Gasteiger charge is -2.07. The number of hydrogen-bond acceptors (Lipinski definition) is 4. The zero-order valence-corrected chi connectivity index (χ0v) is 10.3. The summed E-state index contributed by atoms with van der Waals surface area (Å²) >= 11 is 0. The van der Waals surface area contributed by atoms with E-state index < -0.39 is 0 Å². The highest BCUT2D eigenvalue weighted by molar-refractivity contribution is 5.41. The lowest BCUT2D eigenvalue weighted by molar-refractivity contribution is 0.373. The topological polar surface area (TPSA) is 54.4 Å². The standard InChI is InChI=1S/C14H16N2O2/c1-18-14-8-11(5-6-13(14)17)9-15-10-12-4-2-3-7-16-12/h2-8,15,17H,9-10H2,1H3. The van der Waals surface area contributed by atoms with Gasteiger partial charge in [0.2, 0.25) is 0 Å². The molecule has 1 aromatic carbocycles. The van der Waals surface area contributed by atoms with Crippen molar-refractivity contribution in [2.24, 2.45) is 0 Å². The van der Waals surface area contributed by atoms with E-state index in [9.17, 15) is 5.11 Å². The maximum absolute atomic E-state index is 9.48. The van der Waals surface area contributed by atoms with Crippen molar-refractivity contribution < 1.29 is 9.84 Å². The molecule has 4 heteroatoms. The third-order valence-electron chi connectivity index (χ3n) is 2.61. The Bertz CT molecular complexity index is 500. The Labute approximate surface area is 106 Å². The van der Waals surface area contributed by atoms with Crippen LogP contribution in [-0.2, 0) is 13.1 Å². The van der Waals surface area contributed by atoms with Gasteiger partial charge in [-0.2, -0.15) is 0 Å². The molecular formula is C14H16N2O2. The second-order valence-electron chi connectivity index (χ2n) is 3.93. The number of hydrogen-bond donors (Lipinski definition) is 2. The van der Waals surface area contributed by atoms with Gasteiger partial charge in [0.1, 0.15) is 0 Å². The summed E-state index contributed by atoms with van der Waals surface area (Å²) in [5.74, 6) is 0.651. The molecule has 2 rings (SSSR count). The maximum Gasteiger partial charge on any atom is 0.160 e. The summed E-state index contributed by atoms with van der Waals surface area (Å²) in [4.78, 5) is 4.23. The fraction of sp³-hybridized carbons (Fsp3) is 0.214. The maximum atomic E-state index is 9.48. The van der Waals surface area contributed by atoms with Crippen molar-refractivity contribution in [3.63, 3.8) is 0 Å². The van der Waals surface area contributed by atoms with Gasteiger partial charge in [-0.25, -0.2) is 0 Å². The van der Waals surface area contributed by atoms with E-state index in [1.165, 1.54) is 0 Å². The van der Waals surface area contributed by atoms with E-state index in [-0.39, 0.29) is 5.75 Å². The highest BCUT2D eigenvalue weighted by Crippen LogP contribution is 2.26. The molecule has 0 aliphatic heterocycles. The van der Waals surface area contributed by atoms with Gasteiger partial charge in [0.05, 0.1) is 12.8 Å². The normalized spacial score (nSPS) is 10.3. The summed E-state index contributed by atoms with van der Waals surface area (Å²) in [5, 5.41) is 12.8. The highest BCUT2D eigenvalue weighted by atomic mass is 16.5. The number of aromatic hydroxyl groups is 1. The van der Waals surface area contributed by atoms with Gasteiger partial charge >= 0.3 is 0 Å². The van der Waals surface area contributed by atoms with Crippen LogP contribution in [-0.4, -0.2) is 17.2 Å². The van der Waals surface area contributed by atoms with Crippen LogP contribution in [0, 0.1) is 0 Å². The first-order valence-electron chi connectivity index (χ1n) is 5.76. The Morgan fingerprint density at radius 1 is 1.22 bits per heavy atom. The number of methoxy groups -OCH3 is 1. The van der Waals surface area contributed by atoms with Gasteiger partial charge < -0.3 is 15.2 Å². The van der Waals surface area contributed by atoms with Crippen LogP contribution < -0.4 is 10.1 Å². The van der Waals surface area contributed by atoms with Crippen LogP contribution in [0.4, 0.5) is 0 Å². The molecule has 0 atom stereocenters. The third kappa shape index (κ3) is 3.21. The number of rotatable bonds is 5. The Balaban J connectivity index is 1.91. The molecule has 1 aromatic heterocycles. The summed E-state index contributed by atoms with van der Waals surface area (Å²) < 4.78 is 5.06. The van der Waals surface area contributed by atoms with Gasteiger partial charge in [0.15, 0.2) is 11.5 Å². The van der Waals surface area contributed by atoms with Crippen molar-refractivity contribution in [2.75, 3.05) is 7.11 Å². The van der Waals surface area contributed by atoms with Gasteiger partial charge in [-0.3, -0.25) is 4.98 Å². The number of pyridine rings is 1. The van der Waals surface area contributed by atoms with Crippen molar-refractivity contribution in [3.05, 3.63) is 53.9 Å². The lowest BCUT2D eigenvalue weighted by atomic mass is 10.2. The molecular weight excluding hydrogens is 228 g/mol. The van der Waals surface area contributed by atoms with Crippen LogP contribution in [0.2, 0.25) is 0 Å². The predicted octanol–water partition coefficient (Wildman–Crippen LogP) is 2.09. The van der Waals surface area contributed by atoms with Crippen molar-refractivity contribution in [1.82, 2.24) is 10.3 Å². The quantitative estimate of drug-likeness (QED) is 0.845. The molecule has 1 heterocycles. The van der Waals surface area contributed by atoms with E-state index in [4.69, 9.17) is 4.74 Å². The molecule has 0 spiro atoms. The average Bonchev–Trinajstić information content (AvgIpc) is 2.42. The first-order chi connectivity index (χ1) is 8.79. The molecule has 2 N–H and O–H groups in total. The fourth-order valence-corrected chi connectivity index (χ4v) is 1.67. The Hall–Kier alpha value is -2.07. The van der Waals surface area contributed by atoms with Crippen molar-refractivity contribution in [3.8, 4) is 11.5 Å². The minimum atomic E-state index is 0.158. The van der Waals surface area contributed by atoms with Gasteiger partial charge in [0.25, 0.3) is 0 Å². The van der Waals surface area contributed by atoms with E-state index in [1.807, 2.05) is 30.3 Å². The smallest absolute Gasteiger partial charge is 0.160 e. The van der Waals surface area contributed by atoms with E-state index >= 15 is 0 Å². The van der Waals surface area contributed by atoms with Crippen LogP contribution in [0.15, 0.2) is 42.6 Å². The average molecular weight is 244 g/mol. The molecule has 2 aromatic rings. The first-order valence-corrected chi connectivity index (χ1v) is 5.76. The number of nitrogens with zero attached hydrogens (tertiary/aromatic N) is 1. The zero-order valence-electron chi connectivity index (χ0n) is 10.3. The van der Waals surface area contributed by atoms with Gasteiger partial charge in [-0.1, -0.05) is 12.1 Å². The van der Waals surface area contributed by atoms with Crippen LogP contribution in [0.5, 0.6) is 11.5 Å². The first kappa shape index (κ1) is 12.4. The molecule has 0 radical (unpaired) electrons. The monoisotopic (exact) mass is 244 g/mol. The van der Waals surface area contributed by atoms with Crippen molar-refractivity contribution >= 4 is 0 Å². The lowest BCUT2D eigenvalue weighted by Crippen LogP contribution is -2.13. The van der Waals surface area contributed by atoms with E-state index in [0.29, 0.717) is 18.8 Å². The molecule has 0 aliphatic rings. The third-order valence-corrected chi connectivity index (χ3v) is 2.61. The minimum absolute atomic E-state index is 0.158. The van der Waals surface area contributed by atoms with E-state index in [1.54, 1.807) is 19.4 Å². The predicted molar refractivity (Wildman–Crippen MR) is 69.4 cm³/mol. The molecule has 4 nitrogen and oxygen atoms in total. The van der Waals surface area contributed by atoms with E-state index in [0.717, 1.165) is 11.3 Å². The molecule has 0 aliphatic carbocycles. The highest BCUT2D eigenvalue weighted by Gasteiger charge is 2.02. The number of nitrogens with one attached hydrogen (secondary N) is 1. The number of phenols is 1. The number of aromatic nitrogens is 1.